The number of tetrazole rings is 1. The fourth-order valence-electron chi connectivity index (χ4n) is 1.34. The largest absolute Gasteiger partial charge is 0.394 e. The van der Waals surface area contributed by atoms with Crippen molar-refractivity contribution in [1.82, 2.24) is 20.2 Å². The lowest BCUT2D eigenvalue weighted by atomic mass is 10.2. The molecule has 0 unspecified atom stereocenters. The highest BCUT2D eigenvalue weighted by atomic mass is 19.1. The Morgan fingerprint density at radius 3 is 2.56 bits per heavy atom. The maximum atomic E-state index is 13.4. The lowest BCUT2D eigenvalue weighted by Crippen LogP contribution is -2.07. The summed E-state index contributed by atoms with van der Waals surface area (Å²) in [5.41, 5.74) is -0.291. The van der Waals surface area contributed by atoms with Crippen molar-refractivity contribution in [1.29, 1.82) is 0 Å². The Labute approximate surface area is 89.3 Å². The molecule has 84 valence electrons. The van der Waals surface area contributed by atoms with Crippen LogP contribution in [0.2, 0.25) is 0 Å². The van der Waals surface area contributed by atoms with E-state index in [1.165, 1.54) is 6.07 Å². The fourth-order valence-corrected chi connectivity index (χ4v) is 1.34. The van der Waals surface area contributed by atoms with Gasteiger partial charge in [-0.2, -0.15) is 0 Å². The molecule has 16 heavy (non-hydrogen) atoms. The van der Waals surface area contributed by atoms with E-state index in [1.54, 1.807) is 0 Å². The summed E-state index contributed by atoms with van der Waals surface area (Å²) >= 11 is 0. The highest BCUT2D eigenvalue weighted by Crippen LogP contribution is 2.22. The Bertz CT molecular complexity index is 480. The number of benzene rings is 1. The molecule has 2 rings (SSSR count). The molecular formula is C9H8F2N4O. The van der Waals surface area contributed by atoms with Crippen LogP contribution < -0.4 is 0 Å². The number of aliphatic hydroxyl groups is 1. The van der Waals surface area contributed by atoms with Gasteiger partial charge in [-0.05, 0) is 22.6 Å². The summed E-state index contributed by atoms with van der Waals surface area (Å²) in [6.45, 7) is -0.135. The summed E-state index contributed by atoms with van der Waals surface area (Å²) in [6.07, 6.45) is 0. The molecule has 0 spiro atoms. The summed E-state index contributed by atoms with van der Waals surface area (Å²) in [5, 5.41) is 19.1. The fraction of sp³-hybridized carbons (Fsp3) is 0.222. The van der Waals surface area contributed by atoms with Gasteiger partial charge in [0.25, 0.3) is 0 Å². The number of hydrogen-bond donors (Lipinski definition) is 1. The molecule has 1 N–H and O–H groups in total. The summed E-state index contributed by atoms with van der Waals surface area (Å²) in [5.74, 6) is -1.52. The first-order chi connectivity index (χ1) is 7.74. The van der Waals surface area contributed by atoms with Gasteiger partial charge in [-0.15, -0.1) is 5.10 Å². The van der Waals surface area contributed by atoms with Crippen molar-refractivity contribution in [2.75, 3.05) is 6.61 Å². The van der Waals surface area contributed by atoms with E-state index in [0.717, 1.165) is 16.8 Å². The maximum absolute atomic E-state index is 13.4. The smallest absolute Gasteiger partial charge is 0.188 e. The van der Waals surface area contributed by atoms with Crippen molar-refractivity contribution < 1.29 is 13.9 Å². The van der Waals surface area contributed by atoms with Crippen LogP contribution in [0.15, 0.2) is 18.2 Å². The van der Waals surface area contributed by atoms with Gasteiger partial charge in [0.1, 0.15) is 11.6 Å². The quantitative estimate of drug-likeness (QED) is 0.832. The molecule has 0 aliphatic carbocycles. The van der Waals surface area contributed by atoms with Gasteiger partial charge in [0, 0.05) is 0 Å². The maximum Gasteiger partial charge on any atom is 0.188 e. The van der Waals surface area contributed by atoms with E-state index in [1.807, 2.05) is 0 Å². The second-order valence-corrected chi connectivity index (χ2v) is 3.05. The third kappa shape index (κ3) is 1.76. The van der Waals surface area contributed by atoms with Gasteiger partial charge >= 0.3 is 0 Å². The normalized spacial score (nSPS) is 10.7. The molecule has 2 aromatic rings. The molecule has 0 saturated carbocycles. The average Bonchev–Trinajstić information content (AvgIpc) is 2.67. The molecule has 0 saturated heterocycles. The van der Waals surface area contributed by atoms with E-state index in [9.17, 15) is 8.78 Å². The summed E-state index contributed by atoms with van der Waals surface area (Å²) in [6, 6.07) is 3.50. The number of aromatic nitrogens is 4. The van der Waals surface area contributed by atoms with Gasteiger partial charge in [0.05, 0.1) is 18.7 Å². The summed E-state index contributed by atoms with van der Waals surface area (Å²) < 4.78 is 28.0. The van der Waals surface area contributed by atoms with E-state index in [4.69, 9.17) is 5.11 Å². The Morgan fingerprint density at radius 1 is 1.25 bits per heavy atom. The Morgan fingerprint density at radius 2 is 1.94 bits per heavy atom. The van der Waals surface area contributed by atoms with Gasteiger partial charge in [-0.1, -0.05) is 6.07 Å². The van der Waals surface area contributed by atoms with Crippen molar-refractivity contribution in [3.63, 3.8) is 0 Å². The Hall–Kier alpha value is -1.89. The predicted molar refractivity (Wildman–Crippen MR) is 50.3 cm³/mol. The van der Waals surface area contributed by atoms with Crippen molar-refractivity contribution >= 4 is 0 Å². The predicted octanol–water partition coefficient (Wildman–Crippen LogP) is 0.611. The van der Waals surface area contributed by atoms with Crippen molar-refractivity contribution in [2.45, 2.75) is 6.54 Å². The molecule has 5 nitrogen and oxygen atoms in total. The molecule has 0 aliphatic heterocycles. The third-order valence-corrected chi connectivity index (χ3v) is 2.03. The highest BCUT2D eigenvalue weighted by Gasteiger charge is 2.17. The molecule has 1 aromatic carbocycles. The zero-order valence-electron chi connectivity index (χ0n) is 8.14. The minimum atomic E-state index is -0.742. The lowest BCUT2D eigenvalue weighted by molar-refractivity contribution is 0.268. The van der Waals surface area contributed by atoms with E-state index in [2.05, 4.69) is 15.5 Å². The van der Waals surface area contributed by atoms with Crippen molar-refractivity contribution in [3.05, 3.63) is 29.8 Å². The van der Waals surface area contributed by atoms with Crippen LogP contribution in [-0.2, 0) is 6.54 Å². The molecular weight excluding hydrogens is 218 g/mol. The van der Waals surface area contributed by atoms with Crippen LogP contribution in [0.4, 0.5) is 8.78 Å². The minimum Gasteiger partial charge on any atom is -0.394 e. The van der Waals surface area contributed by atoms with Crippen LogP contribution in [0.3, 0.4) is 0 Å². The zero-order valence-corrected chi connectivity index (χ0v) is 8.14. The molecule has 0 bridgehead atoms. The van der Waals surface area contributed by atoms with Crippen LogP contribution in [-0.4, -0.2) is 31.9 Å². The number of halogens is 2. The second kappa shape index (κ2) is 4.31. The third-order valence-electron chi connectivity index (χ3n) is 2.03. The Kier molecular flexibility index (Phi) is 2.86. The first kappa shape index (κ1) is 10.6. The molecule has 1 heterocycles. The van der Waals surface area contributed by atoms with Crippen LogP contribution in [0, 0.1) is 11.6 Å². The van der Waals surface area contributed by atoms with Crippen LogP contribution in [0.25, 0.3) is 11.4 Å². The number of aliphatic hydroxyl groups excluding tert-OH is 1. The molecule has 0 radical (unpaired) electrons. The van der Waals surface area contributed by atoms with Gasteiger partial charge in [-0.25, -0.2) is 13.5 Å². The molecule has 7 heteroatoms. The average molecular weight is 226 g/mol. The first-order valence-corrected chi connectivity index (χ1v) is 4.55. The number of hydrogen-bond acceptors (Lipinski definition) is 4. The van der Waals surface area contributed by atoms with E-state index >= 15 is 0 Å². The van der Waals surface area contributed by atoms with Gasteiger partial charge < -0.3 is 5.11 Å². The monoisotopic (exact) mass is 226 g/mol. The van der Waals surface area contributed by atoms with Crippen LogP contribution in [0.5, 0.6) is 0 Å². The Balaban J connectivity index is 2.54. The van der Waals surface area contributed by atoms with Crippen LogP contribution >= 0.6 is 0 Å². The van der Waals surface area contributed by atoms with Gasteiger partial charge in [0.2, 0.25) is 0 Å². The van der Waals surface area contributed by atoms with Crippen molar-refractivity contribution in [2.24, 2.45) is 0 Å². The standard InChI is InChI=1S/C9H8F2N4O/c10-6-2-1-3-7(11)8(6)9-12-13-14-15(9)4-5-16/h1-3,16H,4-5H2. The molecule has 0 fully saturated rings. The van der Waals surface area contributed by atoms with Crippen molar-refractivity contribution in [3.8, 4) is 11.4 Å². The summed E-state index contributed by atoms with van der Waals surface area (Å²) in [7, 11) is 0. The minimum absolute atomic E-state index is 0.0374. The van der Waals surface area contributed by atoms with E-state index in [-0.39, 0.29) is 24.5 Å². The number of nitrogens with zero attached hydrogens (tertiary/aromatic N) is 4. The first-order valence-electron chi connectivity index (χ1n) is 4.55. The van der Waals surface area contributed by atoms with E-state index in [0.29, 0.717) is 0 Å². The summed E-state index contributed by atoms with van der Waals surface area (Å²) in [4.78, 5) is 0. The molecule has 0 amide bonds. The topological polar surface area (TPSA) is 63.8 Å². The molecule has 0 atom stereocenters. The van der Waals surface area contributed by atoms with Crippen LogP contribution in [0.1, 0.15) is 0 Å². The SMILES string of the molecule is OCCn1nnnc1-c1c(F)cccc1F. The highest BCUT2D eigenvalue weighted by molar-refractivity contribution is 5.56. The zero-order chi connectivity index (χ0) is 11.5. The number of rotatable bonds is 3. The lowest BCUT2D eigenvalue weighted by Gasteiger charge is -2.04. The second-order valence-electron chi connectivity index (χ2n) is 3.05. The van der Waals surface area contributed by atoms with Gasteiger partial charge in [0.15, 0.2) is 5.82 Å². The molecule has 1 aromatic heterocycles. The molecule has 0 aliphatic rings. The van der Waals surface area contributed by atoms with Gasteiger partial charge in [-0.3, -0.25) is 0 Å². The van der Waals surface area contributed by atoms with E-state index < -0.39 is 11.6 Å².